The van der Waals surface area contributed by atoms with Gasteiger partial charge in [-0.1, -0.05) is 37.3 Å². The lowest BCUT2D eigenvalue weighted by molar-refractivity contribution is 0.316. The third-order valence-electron chi connectivity index (χ3n) is 4.01. The van der Waals surface area contributed by atoms with Crippen LogP contribution in [0, 0.1) is 0 Å². The number of nitrogens with zero attached hydrogens (tertiary/aromatic N) is 2. The van der Waals surface area contributed by atoms with Gasteiger partial charge in [-0.3, -0.25) is 0 Å². The van der Waals surface area contributed by atoms with E-state index >= 15 is 0 Å². The minimum atomic E-state index is 0.140. The van der Waals surface area contributed by atoms with Gasteiger partial charge >= 0.3 is 0 Å². The second-order valence-corrected chi connectivity index (χ2v) is 5.71. The molecule has 0 bridgehead atoms. The highest BCUT2D eigenvalue weighted by molar-refractivity contribution is 5.75. The molecular weight excluding hydrogens is 286 g/mol. The summed E-state index contributed by atoms with van der Waals surface area (Å²) in [6.07, 6.45) is 1.71. The van der Waals surface area contributed by atoms with Crippen LogP contribution < -0.4 is 10.5 Å². The number of aromatic nitrogens is 2. The highest BCUT2D eigenvalue weighted by Crippen LogP contribution is 2.18. The molecule has 1 heterocycles. The number of hydrogen-bond donors (Lipinski definition) is 1. The number of ether oxygens (including phenoxy) is 1. The van der Waals surface area contributed by atoms with Crippen molar-refractivity contribution in [1.29, 1.82) is 0 Å². The van der Waals surface area contributed by atoms with Crippen molar-refractivity contribution in [3.05, 3.63) is 60.4 Å². The summed E-state index contributed by atoms with van der Waals surface area (Å²) in [6.45, 7) is 3.51. The largest absolute Gasteiger partial charge is 0.493 e. The second-order valence-electron chi connectivity index (χ2n) is 5.71. The fourth-order valence-electron chi connectivity index (χ4n) is 2.66. The van der Waals surface area contributed by atoms with Crippen molar-refractivity contribution in [1.82, 2.24) is 9.55 Å². The van der Waals surface area contributed by atoms with Gasteiger partial charge in [0, 0.05) is 19.0 Å². The number of para-hydroxylation sites is 3. The molecule has 0 saturated heterocycles. The van der Waals surface area contributed by atoms with Crippen LogP contribution in [0.2, 0.25) is 0 Å². The number of imidazole rings is 1. The molecule has 0 aliphatic carbocycles. The van der Waals surface area contributed by atoms with Gasteiger partial charge in [-0.2, -0.15) is 0 Å². The van der Waals surface area contributed by atoms with Gasteiger partial charge in [0.1, 0.15) is 11.6 Å². The molecular formula is C19H23N3O. The number of nitrogens with two attached hydrogens (primary N) is 1. The SMILES string of the molecule is CCC(N)Cn1c(CCOc2ccccc2)nc2ccccc21. The topological polar surface area (TPSA) is 53.1 Å². The van der Waals surface area contributed by atoms with Crippen LogP contribution in [0.25, 0.3) is 11.0 Å². The lowest BCUT2D eigenvalue weighted by Gasteiger charge is -2.14. The van der Waals surface area contributed by atoms with Crippen LogP contribution in [0.15, 0.2) is 54.6 Å². The third kappa shape index (κ3) is 3.71. The summed E-state index contributed by atoms with van der Waals surface area (Å²) in [5.74, 6) is 1.92. The van der Waals surface area contributed by atoms with E-state index < -0.39 is 0 Å². The molecule has 1 atom stereocenters. The maximum atomic E-state index is 6.16. The van der Waals surface area contributed by atoms with Gasteiger partial charge in [0.05, 0.1) is 17.6 Å². The molecule has 1 aromatic heterocycles. The van der Waals surface area contributed by atoms with Gasteiger partial charge in [0.25, 0.3) is 0 Å². The van der Waals surface area contributed by atoms with Crippen LogP contribution in [0.5, 0.6) is 5.75 Å². The van der Waals surface area contributed by atoms with Crippen LogP contribution in [-0.2, 0) is 13.0 Å². The Kier molecular flexibility index (Phi) is 4.93. The van der Waals surface area contributed by atoms with Gasteiger partial charge in [-0.05, 0) is 30.7 Å². The van der Waals surface area contributed by atoms with Crippen molar-refractivity contribution >= 4 is 11.0 Å². The van der Waals surface area contributed by atoms with E-state index in [2.05, 4.69) is 17.6 Å². The molecule has 1 unspecified atom stereocenters. The number of fused-ring (bicyclic) bond motifs is 1. The summed E-state index contributed by atoms with van der Waals surface area (Å²) < 4.78 is 8.04. The predicted molar refractivity (Wildman–Crippen MR) is 93.6 cm³/mol. The van der Waals surface area contributed by atoms with Crippen molar-refractivity contribution < 1.29 is 4.74 Å². The van der Waals surface area contributed by atoms with E-state index in [9.17, 15) is 0 Å². The molecule has 0 fully saturated rings. The van der Waals surface area contributed by atoms with E-state index in [0.717, 1.165) is 42.0 Å². The van der Waals surface area contributed by atoms with Crippen LogP contribution in [-0.4, -0.2) is 22.2 Å². The van der Waals surface area contributed by atoms with Gasteiger partial charge in [0.2, 0.25) is 0 Å². The van der Waals surface area contributed by atoms with Crippen LogP contribution in [0.3, 0.4) is 0 Å². The minimum Gasteiger partial charge on any atom is -0.493 e. The molecule has 4 heteroatoms. The van der Waals surface area contributed by atoms with E-state index in [1.54, 1.807) is 0 Å². The Morgan fingerprint density at radius 3 is 2.61 bits per heavy atom. The summed E-state index contributed by atoms with van der Waals surface area (Å²) >= 11 is 0. The molecule has 0 aliphatic heterocycles. The van der Waals surface area contributed by atoms with Gasteiger partial charge < -0.3 is 15.0 Å². The van der Waals surface area contributed by atoms with E-state index in [1.165, 1.54) is 0 Å². The van der Waals surface area contributed by atoms with E-state index in [4.69, 9.17) is 15.5 Å². The lowest BCUT2D eigenvalue weighted by atomic mass is 10.2. The molecule has 120 valence electrons. The molecule has 4 nitrogen and oxygen atoms in total. The molecule has 0 amide bonds. The molecule has 2 aromatic carbocycles. The Bertz CT molecular complexity index is 752. The quantitative estimate of drug-likeness (QED) is 0.728. The maximum Gasteiger partial charge on any atom is 0.119 e. The van der Waals surface area contributed by atoms with Gasteiger partial charge in [0.15, 0.2) is 0 Å². The molecule has 0 aliphatic rings. The predicted octanol–water partition coefficient (Wildman–Crippen LogP) is 3.40. The van der Waals surface area contributed by atoms with Crippen molar-refractivity contribution in [2.75, 3.05) is 6.61 Å². The standard InChI is InChI=1S/C19H23N3O/c1-2-15(20)14-22-18-11-7-6-10-17(18)21-19(22)12-13-23-16-8-4-3-5-9-16/h3-11,15H,2,12-14,20H2,1H3. The highest BCUT2D eigenvalue weighted by Gasteiger charge is 2.12. The Balaban J connectivity index is 1.77. The lowest BCUT2D eigenvalue weighted by Crippen LogP contribution is -2.26. The summed E-state index contributed by atoms with van der Waals surface area (Å²) in [5, 5.41) is 0. The molecule has 3 aromatic rings. The van der Waals surface area contributed by atoms with Gasteiger partial charge in [-0.15, -0.1) is 0 Å². The molecule has 0 radical (unpaired) electrons. The Morgan fingerprint density at radius 1 is 1.09 bits per heavy atom. The van der Waals surface area contributed by atoms with Crippen LogP contribution in [0.1, 0.15) is 19.2 Å². The second kappa shape index (κ2) is 7.29. The smallest absolute Gasteiger partial charge is 0.119 e. The zero-order valence-corrected chi connectivity index (χ0v) is 13.5. The summed E-state index contributed by atoms with van der Waals surface area (Å²) in [7, 11) is 0. The molecule has 2 N–H and O–H groups in total. The fourth-order valence-corrected chi connectivity index (χ4v) is 2.66. The molecule has 23 heavy (non-hydrogen) atoms. The Morgan fingerprint density at radius 2 is 1.83 bits per heavy atom. The van der Waals surface area contributed by atoms with Gasteiger partial charge in [-0.25, -0.2) is 4.98 Å². The minimum absolute atomic E-state index is 0.140. The third-order valence-corrected chi connectivity index (χ3v) is 4.01. The van der Waals surface area contributed by atoms with Crippen molar-refractivity contribution in [3.8, 4) is 5.75 Å². The zero-order valence-electron chi connectivity index (χ0n) is 13.5. The maximum absolute atomic E-state index is 6.16. The van der Waals surface area contributed by atoms with Crippen molar-refractivity contribution in [2.45, 2.75) is 32.4 Å². The normalized spacial score (nSPS) is 12.4. The molecule has 0 saturated carbocycles. The average Bonchev–Trinajstić information content (AvgIpc) is 2.93. The zero-order chi connectivity index (χ0) is 16.1. The van der Waals surface area contributed by atoms with Crippen molar-refractivity contribution in [3.63, 3.8) is 0 Å². The number of hydrogen-bond acceptors (Lipinski definition) is 3. The fraction of sp³-hybridized carbons (Fsp3) is 0.316. The first kappa shape index (κ1) is 15.6. The molecule has 0 spiro atoms. The Hall–Kier alpha value is -2.33. The highest BCUT2D eigenvalue weighted by atomic mass is 16.5. The van der Waals surface area contributed by atoms with Crippen LogP contribution >= 0.6 is 0 Å². The first-order valence-corrected chi connectivity index (χ1v) is 8.15. The number of rotatable bonds is 7. The summed E-state index contributed by atoms with van der Waals surface area (Å²) in [5.41, 5.74) is 8.33. The van der Waals surface area contributed by atoms with Crippen LogP contribution in [0.4, 0.5) is 0 Å². The van der Waals surface area contributed by atoms with E-state index in [0.29, 0.717) is 6.61 Å². The Labute approximate surface area is 136 Å². The monoisotopic (exact) mass is 309 g/mol. The summed E-state index contributed by atoms with van der Waals surface area (Å²) in [6, 6.07) is 18.2. The molecule has 3 rings (SSSR count). The first-order chi connectivity index (χ1) is 11.3. The summed E-state index contributed by atoms with van der Waals surface area (Å²) in [4.78, 5) is 4.76. The van der Waals surface area contributed by atoms with E-state index in [1.807, 2.05) is 48.5 Å². The van der Waals surface area contributed by atoms with Crippen molar-refractivity contribution in [2.24, 2.45) is 5.73 Å². The first-order valence-electron chi connectivity index (χ1n) is 8.15. The average molecular weight is 309 g/mol. The van der Waals surface area contributed by atoms with E-state index in [-0.39, 0.29) is 6.04 Å². The number of benzene rings is 2.